The van der Waals surface area contributed by atoms with Gasteiger partial charge in [0.2, 0.25) is 5.82 Å². The number of H-pyrrole nitrogens is 1. The molecule has 3 aliphatic carbocycles. The lowest BCUT2D eigenvalue weighted by atomic mass is 9.59. The summed E-state index contributed by atoms with van der Waals surface area (Å²) in [6.07, 6.45) is 15.5. The summed E-state index contributed by atoms with van der Waals surface area (Å²) in [6.45, 7) is 12.0. The van der Waals surface area contributed by atoms with Crippen molar-refractivity contribution in [2.24, 2.45) is 11.3 Å². The largest absolute Gasteiger partial charge is 0.478 e. The van der Waals surface area contributed by atoms with Crippen LogP contribution in [0.25, 0.3) is 11.0 Å². The number of rotatable bonds is 17. The number of amides is 1. The Morgan fingerprint density at radius 1 is 0.987 bits per heavy atom. The lowest BCUT2D eigenvalue weighted by Gasteiger charge is -2.58. The van der Waals surface area contributed by atoms with Gasteiger partial charge in [-0.15, -0.1) is 0 Å². The molecule has 5 fully saturated rings. The number of benzene rings is 2. The van der Waals surface area contributed by atoms with E-state index >= 15 is 0 Å². The number of carbonyl (C=O) groups is 1. The number of piperidine rings is 1. The number of nitro groups is 1. The van der Waals surface area contributed by atoms with Crippen molar-refractivity contribution in [3.05, 3.63) is 118 Å². The number of hydrogen-bond donors (Lipinski definition) is 4. The molecule has 1 amide bonds. The summed E-state index contributed by atoms with van der Waals surface area (Å²) in [4.78, 5) is 44.0. The highest BCUT2D eigenvalue weighted by molar-refractivity contribution is 7.90. The Bertz CT molecular complexity index is 3280. The first kappa shape index (κ1) is 52.4. The number of aromatic nitrogens is 5. The van der Waals surface area contributed by atoms with Crippen LogP contribution in [0.5, 0.6) is 17.4 Å². The molecule has 2 saturated heterocycles. The summed E-state index contributed by atoms with van der Waals surface area (Å²) in [5, 5.41) is 30.4. The van der Waals surface area contributed by atoms with Crippen molar-refractivity contribution in [3.8, 4) is 17.4 Å². The first-order chi connectivity index (χ1) is 36.9. The summed E-state index contributed by atoms with van der Waals surface area (Å²) in [7, 11) is -3.37. The lowest BCUT2D eigenvalue weighted by Crippen LogP contribution is -2.60. The summed E-state index contributed by atoms with van der Waals surface area (Å²) >= 11 is 0. The van der Waals surface area contributed by atoms with Gasteiger partial charge in [0.25, 0.3) is 21.8 Å². The Morgan fingerprint density at radius 3 is 2.48 bits per heavy atom. The van der Waals surface area contributed by atoms with Gasteiger partial charge in [0, 0.05) is 99.7 Å². The predicted octanol–water partition coefficient (Wildman–Crippen LogP) is 9.24. The third-order valence-electron chi connectivity index (χ3n) is 16.9. The molecule has 77 heavy (non-hydrogen) atoms. The van der Waals surface area contributed by atoms with Crippen molar-refractivity contribution in [1.82, 2.24) is 39.3 Å². The van der Waals surface area contributed by atoms with Gasteiger partial charge in [-0.25, -0.2) is 22.5 Å². The molecule has 6 aromatic rings. The van der Waals surface area contributed by atoms with E-state index in [0.717, 1.165) is 89.1 Å². The molecular formula is C56H68FN11O8S. The zero-order valence-corrected chi connectivity index (χ0v) is 44.9. The minimum Gasteiger partial charge on any atom is -0.478 e. The zero-order chi connectivity index (χ0) is 53.8. The average Bonchev–Trinajstić information content (AvgIpc) is 4.06. The van der Waals surface area contributed by atoms with Gasteiger partial charge in [-0.05, 0) is 112 Å². The predicted molar refractivity (Wildman–Crippen MR) is 288 cm³/mol. The number of carbonyl (C=O) groups excluding carboxylic acids is 1. The molecule has 6 heterocycles. The van der Waals surface area contributed by atoms with Crippen LogP contribution >= 0.6 is 0 Å². The Labute approximate surface area is 447 Å². The lowest BCUT2D eigenvalue weighted by molar-refractivity contribution is -0.384. The number of aromatic amines is 1. The molecule has 2 aliphatic heterocycles. The molecule has 21 heteroatoms. The highest BCUT2D eigenvalue weighted by Crippen LogP contribution is 2.54. The first-order valence-electron chi connectivity index (χ1n) is 27.0. The molecule has 3 saturated carbocycles. The van der Waals surface area contributed by atoms with Crippen molar-refractivity contribution in [1.29, 1.82) is 0 Å². The fourth-order valence-corrected chi connectivity index (χ4v) is 13.2. The summed E-state index contributed by atoms with van der Waals surface area (Å²) in [6, 6.07) is 17.4. The van der Waals surface area contributed by atoms with Crippen LogP contribution in [0, 0.1) is 27.3 Å². The number of sulfonamides is 1. The Morgan fingerprint density at radius 2 is 1.75 bits per heavy atom. The Balaban J connectivity index is 0.800. The van der Waals surface area contributed by atoms with Crippen molar-refractivity contribution < 1.29 is 37.1 Å². The van der Waals surface area contributed by atoms with Crippen LogP contribution in [-0.2, 0) is 16.6 Å². The van der Waals surface area contributed by atoms with Crippen LogP contribution in [-0.4, -0.2) is 117 Å². The quantitative estimate of drug-likeness (QED) is 0.0493. The third-order valence-corrected chi connectivity index (χ3v) is 18.2. The maximum Gasteiger partial charge on any atom is 0.312 e. The van der Waals surface area contributed by atoms with Crippen LogP contribution < -0.4 is 24.4 Å². The number of hydrogen-bond acceptors (Lipinski definition) is 15. The molecule has 0 radical (unpaired) electrons. The van der Waals surface area contributed by atoms with Crippen LogP contribution in [0.3, 0.4) is 0 Å². The minimum atomic E-state index is -4.74. The van der Waals surface area contributed by atoms with E-state index in [1.165, 1.54) is 48.8 Å². The van der Waals surface area contributed by atoms with E-state index in [1.54, 1.807) is 19.1 Å². The molecule has 2 aromatic carbocycles. The van der Waals surface area contributed by atoms with Gasteiger partial charge in [0.1, 0.15) is 22.1 Å². The highest BCUT2D eigenvalue weighted by Gasteiger charge is 2.50. The van der Waals surface area contributed by atoms with E-state index in [2.05, 4.69) is 93.8 Å². The van der Waals surface area contributed by atoms with Gasteiger partial charge in [0.15, 0.2) is 5.75 Å². The van der Waals surface area contributed by atoms with Crippen LogP contribution in [0.15, 0.2) is 84.3 Å². The van der Waals surface area contributed by atoms with Crippen LogP contribution in [0.2, 0.25) is 0 Å². The normalized spacial score (nSPS) is 22.3. The van der Waals surface area contributed by atoms with Crippen molar-refractivity contribution in [3.63, 3.8) is 0 Å². The Hall–Kier alpha value is -6.68. The number of piperazine rings is 1. The minimum absolute atomic E-state index is 0.0113. The number of aliphatic hydroxyl groups is 1. The number of anilines is 2. The van der Waals surface area contributed by atoms with Crippen molar-refractivity contribution in [2.45, 2.75) is 126 Å². The standard InChI is InChI=1S/C56H68FN11O8S/c1-35(2)42-7-5-6-8-43(42)48-34-64(32-37-29-61-67(33-37)38-9-10-38)21-22-66(48)40-26-56(27-40)17-19-65(20-18-56)39-11-12-44(49(23-39)76-50-25-45-46(57)31-60-51(45)62-54(50)75-4)53(69)63-77(73,74)41-24-47(68(71)72)52(59-30-41)58-28-36-13-15-55(3,70)16-14-36/h5-8,11-12,23-25,29-31,33,35-36,38,40,48,70H,9-10,13-22,26-28,32,34H2,1-4H3,(H,58,59)(H,60,62)(H,63,69)/t36?,48-,55?/m0/s1. The number of halogens is 1. The van der Waals surface area contributed by atoms with Gasteiger partial charge < -0.3 is 29.8 Å². The van der Waals surface area contributed by atoms with E-state index in [1.807, 2.05) is 6.20 Å². The van der Waals surface area contributed by atoms with E-state index in [9.17, 15) is 32.8 Å². The molecule has 1 spiro atoms. The molecule has 19 nitrogen and oxygen atoms in total. The van der Waals surface area contributed by atoms with Crippen molar-refractivity contribution >= 4 is 44.2 Å². The average molecular weight is 1070 g/mol. The fraction of sp³-hybridized carbons (Fsp3) is 0.500. The molecule has 4 N–H and O–H groups in total. The zero-order valence-electron chi connectivity index (χ0n) is 44.1. The summed E-state index contributed by atoms with van der Waals surface area (Å²) < 4.78 is 58.8. The number of ether oxygens (including phenoxy) is 2. The van der Waals surface area contributed by atoms with Gasteiger partial charge >= 0.3 is 5.69 Å². The molecule has 408 valence electrons. The number of pyridine rings is 2. The molecule has 11 rings (SSSR count). The smallest absolute Gasteiger partial charge is 0.312 e. The van der Waals surface area contributed by atoms with E-state index in [-0.39, 0.29) is 57.2 Å². The summed E-state index contributed by atoms with van der Waals surface area (Å²) in [5.74, 6) is -1.33. The second-order valence-electron chi connectivity index (χ2n) is 22.7. The van der Waals surface area contributed by atoms with Gasteiger partial charge in [-0.3, -0.25) is 29.4 Å². The maximum atomic E-state index is 14.9. The molecular weight excluding hydrogens is 1010 g/mol. The number of nitrogens with one attached hydrogen (secondary N) is 3. The van der Waals surface area contributed by atoms with E-state index < -0.39 is 42.9 Å². The number of fused-ring (bicyclic) bond motifs is 1. The van der Waals surface area contributed by atoms with E-state index in [4.69, 9.17) is 9.47 Å². The topological polar surface area (TPSA) is 226 Å². The highest BCUT2D eigenvalue weighted by atomic mass is 32.2. The Kier molecular flexibility index (Phi) is 14.2. The molecule has 1 atom stereocenters. The van der Waals surface area contributed by atoms with Gasteiger partial charge in [0.05, 0.1) is 47.0 Å². The second kappa shape index (κ2) is 20.9. The first-order valence-corrected chi connectivity index (χ1v) is 28.5. The van der Waals surface area contributed by atoms with Crippen LogP contribution in [0.1, 0.15) is 130 Å². The molecule has 5 aliphatic rings. The molecule has 4 aromatic heterocycles. The fourth-order valence-electron chi connectivity index (χ4n) is 12.3. The third kappa shape index (κ3) is 11.1. The van der Waals surface area contributed by atoms with Crippen LogP contribution in [0.4, 0.5) is 21.6 Å². The second-order valence-corrected chi connectivity index (χ2v) is 24.4. The monoisotopic (exact) mass is 1070 g/mol. The van der Waals surface area contributed by atoms with Gasteiger partial charge in [-0.2, -0.15) is 10.1 Å². The van der Waals surface area contributed by atoms with Crippen molar-refractivity contribution in [2.75, 3.05) is 56.6 Å². The van der Waals surface area contributed by atoms with E-state index in [0.29, 0.717) is 50.2 Å². The van der Waals surface area contributed by atoms with Gasteiger partial charge in [-0.1, -0.05) is 38.1 Å². The molecule has 0 bridgehead atoms. The number of nitrogens with zero attached hydrogens (tertiary/aromatic N) is 8. The number of methoxy groups -OCH3 is 1. The molecule has 0 unspecified atom stereocenters. The maximum absolute atomic E-state index is 14.9. The summed E-state index contributed by atoms with van der Waals surface area (Å²) in [5.41, 5.74) is 3.70. The SMILES string of the molecule is COc1nc2[nH]cc(F)c2cc1Oc1cc(N2CCC3(CC2)CC(N2CCN(Cc4cnn(C5CC5)c4)C[C@H]2c2ccccc2C(C)C)C3)ccc1C(=O)NS(=O)(=O)c1cnc(NCC2CCC(C)(O)CC2)c([N+](=O)[O-])c1.